The minimum absolute atomic E-state index is 0.162. The molecule has 0 unspecified atom stereocenters. The van der Waals surface area contributed by atoms with Crippen LogP contribution < -0.4 is 15.4 Å². The average Bonchev–Trinajstić information content (AvgIpc) is 2.91. The lowest BCUT2D eigenvalue weighted by atomic mass is 9.88. The van der Waals surface area contributed by atoms with Gasteiger partial charge in [-0.2, -0.15) is 0 Å². The van der Waals surface area contributed by atoms with Crippen LogP contribution in [-0.4, -0.2) is 18.9 Å². The van der Waals surface area contributed by atoms with Crippen LogP contribution in [0.15, 0.2) is 24.3 Å². The summed E-state index contributed by atoms with van der Waals surface area (Å²) in [6, 6.07) is 7.20. The highest BCUT2D eigenvalue weighted by molar-refractivity contribution is 7.17. The van der Waals surface area contributed by atoms with Crippen LogP contribution in [0.5, 0.6) is 5.75 Å². The van der Waals surface area contributed by atoms with Crippen molar-refractivity contribution in [3.05, 3.63) is 40.3 Å². The summed E-state index contributed by atoms with van der Waals surface area (Å²) in [4.78, 5) is 25.7. The summed E-state index contributed by atoms with van der Waals surface area (Å²) >= 11 is 1.53. The number of amides is 2. The molecule has 2 aromatic rings. The Labute approximate surface area is 151 Å². The number of thiophene rings is 1. The molecule has 0 saturated heterocycles. The number of anilines is 2. The number of hydrogen-bond donors (Lipinski definition) is 2. The Hall–Kier alpha value is -2.34. The zero-order chi connectivity index (χ0) is 18.0. The predicted molar refractivity (Wildman–Crippen MR) is 101 cm³/mol. The van der Waals surface area contributed by atoms with Gasteiger partial charge in [-0.1, -0.05) is 6.92 Å². The first kappa shape index (κ1) is 17.5. The highest BCUT2D eigenvalue weighted by Crippen LogP contribution is 2.40. The molecule has 1 aliphatic carbocycles. The molecule has 2 amide bonds. The van der Waals surface area contributed by atoms with E-state index >= 15 is 0 Å². The van der Waals surface area contributed by atoms with Crippen LogP contribution in [0.2, 0.25) is 0 Å². The van der Waals surface area contributed by atoms with Crippen molar-refractivity contribution in [1.29, 1.82) is 0 Å². The number of carbonyl (C=O) groups excluding carboxylic acids is 2. The molecular formula is C19H22N2O3S. The molecule has 2 N–H and O–H groups in total. The van der Waals surface area contributed by atoms with E-state index < -0.39 is 0 Å². The van der Waals surface area contributed by atoms with E-state index in [2.05, 4.69) is 17.6 Å². The minimum Gasteiger partial charge on any atom is -0.497 e. The van der Waals surface area contributed by atoms with Gasteiger partial charge in [0.25, 0.3) is 5.91 Å². The van der Waals surface area contributed by atoms with Gasteiger partial charge in [0.05, 0.1) is 12.7 Å². The Kier molecular flexibility index (Phi) is 5.08. The van der Waals surface area contributed by atoms with Gasteiger partial charge < -0.3 is 15.4 Å². The number of rotatable bonds is 4. The smallest absolute Gasteiger partial charge is 0.258 e. The van der Waals surface area contributed by atoms with E-state index in [-0.39, 0.29) is 11.8 Å². The van der Waals surface area contributed by atoms with Gasteiger partial charge in [-0.25, -0.2) is 0 Å². The van der Waals surface area contributed by atoms with Gasteiger partial charge in [-0.05, 0) is 55.0 Å². The molecule has 25 heavy (non-hydrogen) atoms. The number of methoxy groups -OCH3 is 1. The van der Waals surface area contributed by atoms with Crippen molar-refractivity contribution >= 4 is 33.8 Å². The van der Waals surface area contributed by atoms with Gasteiger partial charge in [0.15, 0.2) is 0 Å². The van der Waals surface area contributed by atoms with Crippen molar-refractivity contribution < 1.29 is 14.3 Å². The molecule has 0 radical (unpaired) electrons. The van der Waals surface area contributed by atoms with E-state index in [1.807, 2.05) is 0 Å². The molecule has 5 nitrogen and oxygen atoms in total. The maximum absolute atomic E-state index is 12.9. The summed E-state index contributed by atoms with van der Waals surface area (Å²) in [6.45, 7) is 3.68. The van der Waals surface area contributed by atoms with Crippen molar-refractivity contribution in [3.8, 4) is 5.75 Å². The molecule has 1 aromatic carbocycles. The number of fused-ring (bicyclic) bond motifs is 1. The number of hydrogen-bond acceptors (Lipinski definition) is 4. The van der Waals surface area contributed by atoms with E-state index in [1.165, 1.54) is 23.1 Å². The van der Waals surface area contributed by atoms with Crippen LogP contribution >= 0.6 is 11.3 Å². The molecule has 1 heterocycles. The molecule has 0 fully saturated rings. The highest BCUT2D eigenvalue weighted by Gasteiger charge is 2.28. The Morgan fingerprint density at radius 1 is 1.20 bits per heavy atom. The predicted octanol–water partition coefficient (Wildman–Crippen LogP) is 4.09. The molecule has 6 heteroatoms. The Morgan fingerprint density at radius 3 is 2.56 bits per heavy atom. The lowest BCUT2D eigenvalue weighted by Crippen LogP contribution is -2.18. The van der Waals surface area contributed by atoms with Gasteiger partial charge in [-0.15, -0.1) is 11.3 Å². The summed E-state index contributed by atoms with van der Waals surface area (Å²) in [5.74, 6) is 0.999. The molecule has 1 aromatic heterocycles. The molecular weight excluding hydrogens is 336 g/mol. The second kappa shape index (κ2) is 7.27. The molecule has 1 atom stereocenters. The van der Waals surface area contributed by atoms with Gasteiger partial charge >= 0.3 is 0 Å². The maximum atomic E-state index is 12.9. The van der Waals surface area contributed by atoms with Crippen LogP contribution in [0.3, 0.4) is 0 Å². The Bertz CT molecular complexity index is 796. The zero-order valence-corrected chi connectivity index (χ0v) is 15.5. The normalized spacial score (nSPS) is 16.0. The van der Waals surface area contributed by atoms with Crippen molar-refractivity contribution in [1.82, 2.24) is 0 Å². The highest BCUT2D eigenvalue weighted by atomic mass is 32.1. The van der Waals surface area contributed by atoms with Crippen molar-refractivity contribution in [2.45, 2.75) is 33.1 Å². The molecule has 3 rings (SSSR count). The summed E-state index contributed by atoms with van der Waals surface area (Å²) in [6.07, 6.45) is 2.90. The van der Waals surface area contributed by atoms with Gasteiger partial charge in [0, 0.05) is 17.5 Å². The van der Waals surface area contributed by atoms with E-state index in [0.717, 1.165) is 30.6 Å². The lowest BCUT2D eigenvalue weighted by molar-refractivity contribution is -0.114. The number of benzene rings is 1. The van der Waals surface area contributed by atoms with E-state index in [4.69, 9.17) is 4.74 Å². The number of nitrogens with one attached hydrogen (secondary N) is 2. The van der Waals surface area contributed by atoms with Crippen LogP contribution in [0.1, 0.15) is 41.1 Å². The van der Waals surface area contributed by atoms with Crippen molar-refractivity contribution in [2.24, 2.45) is 5.92 Å². The summed E-state index contributed by atoms with van der Waals surface area (Å²) in [5, 5.41) is 6.41. The van der Waals surface area contributed by atoms with Gasteiger partial charge in [0.1, 0.15) is 10.8 Å². The molecule has 0 aliphatic heterocycles. The third-order valence-corrected chi connectivity index (χ3v) is 5.55. The van der Waals surface area contributed by atoms with Gasteiger partial charge in [0.2, 0.25) is 5.91 Å². The first-order valence-electron chi connectivity index (χ1n) is 8.35. The topological polar surface area (TPSA) is 67.4 Å². The first-order valence-corrected chi connectivity index (χ1v) is 9.17. The third kappa shape index (κ3) is 3.85. The Balaban J connectivity index is 1.90. The first-order chi connectivity index (χ1) is 12.0. The fourth-order valence-corrected chi connectivity index (χ4v) is 4.56. The van der Waals surface area contributed by atoms with Crippen LogP contribution in [-0.2, 0) is 17.6 Å². The molecule has 132 valence electrons. The number of carbonyl (C=O) groups is 2. The van der Waals surface area contributed by atoms with Crippen LogP contribution in [0.4, 0.5) is 10.7 Å². The lowest BCUT2D eigenvalue weighted by Gasteiger charge is -2.18. The molecule has 0 spiro atoms. The summed E-state index contributed by atoms with van der Waals surface area (Å²) in [7, 11) is 1.60. The molecule has 0 saturated carbocycles. The van der Waals surface area contributed by atoms with Crippen LogP contribution in [0.25, 0.3) is 0 Å². The van der Waals surface area contributed by atoms with E-state index in [9.17, 15) is 9.59 Å². The van der Waals surface area contributed by atoms with Gasteiger partial charge in [-0.3, -0.25) is 9.59 Å². The standard InChI is InChI=1S/C19H22N2O3S/c1-11-4-9-15-16(10-11)25-19(20-12(2)22)17(15)18(23)21-13-5-7-14(24-3)8-6-13/h5-8,11H,4,9-10H2,1-3H3,(H,20,22)(H,21,23)/t11-/m1/s1. The summed E-state index contributed by atoms with van der Waals surface area (Å²) < 4.78 is 5.14. The molecule has 1 aliphatic rings. The fourth-order valence-electron chi connectivity index (χ4n) is 3.11. The maximum Gasteiger partial charge on any atom is 0.258 e. The zero-order valence-electron chi connectivity index (χ0n) is 14.6. The second-order valence-corrected chi connectivity index (χ2v) is 7.52. The average molecular weight is 358 g/mol. The van der Waals surface area contributed by atoms with E-state index in [1.54, 1.807) is 31.4 Å². The SMILES string of the molecule is COc1ccc(NC(=O)c2c(NC(C)=O)sc3c2CC[C@@H](C)C3)cc1. The third-order valence-electron chi connectivity index (χ3n) is 4.38. The van der Waals surface area contributed by atoms with Crippen molar-refractivity contribution in [3.63, 3.8) is 0 Å². The fraction of sp³-hybridized carbons (Fsp3) is 0.368. The monoisotopic (exact) mass is 358 g/mol. The largest absolute Gasteiger partial charge is 0.497 e. The second-order valence-electron chi connectivity index (χ2n) is 6.42. The quantitative estimate of drug-likeness (QED) is 0.865. The van der Waals surface area contributed by atoms with Crippen molar-refractivity contribution in [2.75, 3.05) is 17.7 Å². The minimum atomic E-state index is -0.180. The molecule has 0 bridgehead atoms. The number of ether oxygens (including phenoxy) is 1. The van der Waals surface area contributed by atoms with E-state index in [0.29, 0.717) is 22.2 Å². The Morgan fingerprint density at radius 2 is 1.92 bits per heavy atom. The summed E-state index contributed by atoms with van der Waals surface area (Å²) in [5.41, 5.74) is 2.39. The van der Waals surface area contributed by atoms with Crippen LogP contribution in [0, 0.1) is 5.92 Å².